The van der Waals surface area contributed by atoms with Crippen LogP contribution in [0.15, 0.2) is 95.8 Å². The first kappa shape index (κ1) is 21.2. The monoisotopic (exact) mass is 436 g/mol. The lowest BCUT2D eigenvalue weighted by molar-refractivity contribution is 0.429. The van der Waals surface area contributed by atoms with Gasteiger partial charge in [-0.3, -0.25) is 4.79 Å². The van der Waals surface area contributed by atoms with Crippen molar-refractivity contribution in [1.82, 2.24) is 9.78 Å². The summed E-state index contributed by atoms with van der Waals surface area (Å²) < 4.78 is 1.62. The van der Waals surface area contributed by atoms with E-state index in [4.69, 9.17) is 5.10 Å². The molecule has 0 saturated heterocycles. The first-order valence-electron chi connectivity index (χ1n) is 11.7. The third-order valence-corrected chi connectivity index (χ3v) is 6.74. The predicted molar refractivity (Wildman–Crippen MR) is 131 cm³/mol. The molecule has 1 aromatic heterocycles. The van der Waals surface area contributed by atoms with Gasteiger partial charge in [-0.1, -0.05) is 72.8 Å². The summed E-state index contributed by atoms with van der Waals surface area (Å²) in [6.45, 7) is 0.558. The number of aromatic nitrogens is 2. The Hall–Kier alpha value is -3.66. The Morgan fingerprint density at radius 3 is 2.27 bits per heavy atom. The van der Waals surface area contributed by atoms with E-state index in [1.54, 1.807) is 16.8 Å². The summed E-state index contributed by atoms with van der Waals surface area (Å²) >= 11 is 0. The highest BCUT2D eigenvalue weighted by Crippen LogP contribution is 2.38. The molecule has 0 aliphatic heterocycles. The number of hydrogen-bond donors (Lipinski definition) is 1. The van der Waals surface area contributed by atoms with Gasteiger partial charge in [0.15, 0.2) is 0 Å². The van der Waals surface area contributed by atoms with Gasteiger partial charge < -0.3 is 5.11 Å². The molecular weight excluding hydrogens is 408 g/mol. The van der Waals surface area contributed by atoms with Crippen LogP contribution in [0.3, 0.4) is 0 Å². The lowest BCUT2D eigenvalue weighted by atomic mass is 9.80. The van der Waals surface area contributed by atoms with Crippen molar-refractivity contribution < 1.29 is 5.11 Å². The SMILES string of the molecule is O=c1ccc(C(c2ccccc2)c2ccccc2)nn1CCC1CCCc2c(O)cccc21. The molecule has 4 heteroatoms. The quantitative estimate of drug-likeness (QED) is 0.426. The van der Waals surface area contributed by atoms with Crippen LogP contribution in [0.25, 0.3) is 0 Å². The van der Waals surface area contributed by atoms with Crippen LogP contribution in [0.1, 0.15) is 59.0 Å². The average molecular weight is 437 g/mol. The molecule has 4 aromatic rings. The molecule has 0 fully saturated rings. The van der Waals surface area contributed by atoms with Gasteiger partial charge in [-0.25, -0.2) is 4.68 Å². The number of nitrogens with zero attached hydrogens (tertiary/aromatic N) is 2. The molecule has 0 amide bonds. The fourth-order valence-electron chi connectivity index (χ4n) is 5.11. The van der Waals surface area contributed by atoms with Gasteiger partial charge in [0, 0.05) is 12.6 Å². The van der Waals surface area contributed by atoms with Gasteiger partial charge in [0.1, 0.15) is 5.75 Å². The molecule has 5 rings (SSSR count). The van der Waals surface area contributed by atoms with Crippen LogP contribution >= 0.6 is 0 Å². The van der Waals surface area contributed by atoms with Crippen molar-refractivity contribution in [2.75, 3.05) is 0 Å². The van der Waals surface area contributed by atoms with Crippen molar-refractivity contribution in [2.24, 2.45) is 0 Å². The lowest BCUT2D eigenvalue weighted by Crippen LogP contribution is -2.25. The van der Waals surface area contributed by atoms with E-state index in [1.807, 2.05) is 48.5 Å². The average Bonchev–Trinajstić information content (AvgIpc) is 2.86. The molecule has 0 radical (unpaired) electrons. The molecular formula is C29H28N2O2. The maximum atomic E-state index is 12.7. The molecule has 1 atom stereocenters. The predicted octanol–water partition coefficient (Wildman–Crippen LogP) is 5.64. The zero-order valence-electron chi connectivity index (χ0n) is 18.6. The van der Waals surface area contributed by atoms with Crippen molar-refractivity contribution in [3.63, 3.8) is 0 Å². The van der Waals surface area contributed by atoms with Gasteiger partial charge in [-0.05, 0) is 66.0 Å². The van der Waals surface area contributed by atoms with Crippen molar-refractivity contribution in [3.8, 4) is 5.75 Å². The number of rotatable bonds is 6. The summed E-state index contributed by atoms with van der Waals surface area (Å²) in [7, 11) is 0. The molecule has 0 saturated carbocycles. The molecule has 1 unspecified atom stereocenters. The standard InChI is InChI=1S/C29H28N2O2/c32-27-16-8-14-24-21(13-7-15-25(24)27)19-20-31-28(33)18-17-26(30-31)29(22-9-3-1-4-10-22)23-11-5-2-6-12-23/h1-6,8-12,14,16-18,21,29,32H,7,13,15,19-20H2. The summed E-state index contributed by atoms with van der Waals surface area (Å²) in [5.41, 5.74) is 5.38. The number of benzene rings is 3. The van der Waals surface area contributed by atoms with Crippen LogP contribution in [0.4, 0.5) is 0 Å². The number of hydrogen-bond acceptors (Lipinski definition) is 3. The fraction of sp³-hybridized carbons (Fsp3) is 0.241. The Balaban J connectivity index is 1.45. The highest BCUT2D eigenvalue weighted by molar-refractivity contribution is 5.43. The summed E-state index contributed by atoms with van der Waals surface area (Å²) in [6, 6.07) is 29.9. The number of phenolic OH excluding ortho intramolecular Hbond substituents is 1. The Morgan fingerprint density at radius 2 is 1.58 bits per heavy atom. The molecule has 33 heavy (non-hydrogen) atoms. The zero-order chi connectivity index (χ0) is 22.6. The Labute approximate surface area is 194 Å². The second kappa shape index (κ2) is 9.45. The van der Waals surface area contributed by atoms with E-state index in [-0.39, 0.29) is 11.5 Å². The smallest absolute Gasteiger partial charge is 0.266 e. The summed E-state index contributed by atoms with van der Waals surface area (Å²) in [6.07, 6.45) is 3.87. The summed E-state index contributed by atoms with van der Waals surface area (Å²) in [5.74, 6) is 0.687. The van der Waals surface area contributed by atoms with E-state index >= 15 is 0 Å². The highest BCUT2D eigenvalue weighted by atomic mass is 16.3. The molecule has 166 valence electrons. The second-order valence-electron chi connectivity index (χ2n) is 8.80. The molecule has 1 heterocycles. The number of fused-ring (bicyclic) bond motifs is 1. The van der Waals surface area contributed by atoms with Gasteiger partial charge in [0.2, 0.25) is 0 Å². The van der Waals surface area contributed by atoms with E-state index < -0.39 is 0 Å². The fourth-order valence-corrected chi connectivity index (χ4v) is 5.11. The Morgan fingerprint density at radius 1 is 0.879 bits per heavy atom. The number of aryl methyl sites for hydroxylation is 1. The number of aromatic hydroxyl groups is 1. The Bertz CT molecular complexity index is 1240. The van der Waals surface area contributed by atoms with E-state index in [0.29, 0.717) is 18.2 Å². The molecule has 4 nitrogen and oxygen atoms in total. The van der Waals surface area contributed by atoms with Crippen LogP contribution in [0, 0.1) is 0 Å². The van der Waals surface area contributed by atoms with E-state index in [2.05, 4.69) is 30.3 Å². The van der Waals surface area contributed by atoms with E-state index in [9.17, 15) is 9.90 Å². The maximum absolute atomic E-state index is 12.7. The van der Waals surface area contributed by atoms with Crippen molar-refractivity contribution in [1.29, 1.82) is 0 Å². The van der Waals surface area contributed by atoms with Crippen molar-refractivity contribution in [2.45, 2.75) is 44.1 Å². The van der Waals surface area contributed by atoms with Crippen LogP contribution in [0.2, 0.25) is 0 Å². The number of phenols is 1. The van der Waals surface area contributed by atoms with Crippen LogP contribution in [-0.4, -0.2) is 14.9 Å². The molecule has 1 aliphatic carbocycles. The lowest BCUT2D eigenvalue weighted by Gasteiger charge is -2.26. The van der Waals surface area contributed by atoms with Gasteiger partial charge in [0.05, 0.1) is 11.6 Å². The summed E-state index contributed by atoms with van der Waals surface area (Å²) in [5, 5.41) is 15.1. The largest absolute Gasteiger partial charge is 0.508 e. The van der Waals surface area contributed by atoms with Crippen molar-refractivity contribution >= 4 is 0 Å². The van der Waals surface area contributed by atoms with E-state index in [0.717, 1.165) is 48.1 Å². The van der Waals surface area contributed by atoms with Crippen molar-refractivity contribution in [3.05, 3.63) is 129 Å². The first-order chi connectivity index (χ1) is 16.2. The topological polar surface area (TPSA) is 55.1 Å². The van der Waals surface area contributed by atoms with Crippen LogP contribution < -0.4 is 5.56 Å². The zero-order valence-corrected chi connectivity index (χ0v) is 18.6. The minimum absolute atomic E-state index is 0.0356. The maximum Gasteiger partial charge on any atom is 0.266 e. The molecule has 3 aromatic carbocycles. The first-order valence-corrected chi connectivity index (χ1v) is 11.7. The molecule has 0 bridgehead atoms. The van der Waals surface area contributed by atoms with Gasteiger partial charge in [-0.2, -0.15) is 5.10 Å². The van der Waals surface area contributed by atoms with Gasteiger partial charge in [-0.15, -0.1) is 0 Å². The minimum Gasteiger partial charge on any atom is -0.508 e. The third kappa shape index (κ3) is 4.47. The van der Waals surface area contributed by atoms with Crippen LogP contribution in [0.5, 0.6) is 5.75 Å². The normalized spacial score (nSPS) is 15.4. The molecule has 1 aliphatic rings. The summed E-state index contributed by atoms with van der Waals surface area (Å²) in [4.78, 5) is 12.7. The highest BCUT2D eigenvalue weighted by Gasteiger charge is 2.23. The Kier molecular flexibility index (Phi) is 6.07. The minimum atomic E-state index is -0.0782. The van der Waals surface area contributed by atoms with Gasteiger partial charge >= 0.3 is 0 Å². The molecule has 0 spiro atoms. The molecule has 1 N–H and O–H groups in total. The third-order valence-electron chi connectivity index (χ3n) is 6.74. The van der Waals surface area contributed by atoms with E-state index in [1.165, 1.54) is 5.56 Å². The van der Waals surface area contributed by atoms with Crippen LogP contribution in [-0.2, 0) is 13.0 Å². The second-order valence-corrected chi connectivity index (χ2v) is 8.80. The van der Waals surface area contributed by atoms with Gasteiger partial charge in [0.25, 0.3) is 5.56 Å².